The van der Waals surface area contributed by atoms with Crippen LogP contribution in [0.4, 0.5) is 4.79 Å². The quantitative estimate of drug-likeness (QED) is 0.859. The predicted molar refractivity (Wildman–Crippen MR) is 85.3 cm³/mol. The summed E-state index contributed by atoms with van der Waals surface area (Å²) in [6.07, 6.45) is 3.68. The Bertz CT molecular complexity index is 765. The first-order chi connectivity index (χ1) is 10.6. The first-order valence-electron chi connectivity index (χ1n) is 7.44. The highest BCUT2D eigenvalue weighted by Crippen LogP contribution is 2.45. The Balaban J connectivity index is 1.77. The van der Waals surface area contributed by atoms with Gasteiger partial charge in [-0.2, -0.15) is 0 Å². The van der Waals surface area contributed by atoms with Crippen LogP contribution in [0.25, 0.3) is 11.3 Å². The summed E-state index contributed by atoms with van der Waals surface area (Å²) in [6, 6.07) is 6.28. The molecule has 6 heteroatoms. The van der Waals surface area contributed by atoms with Crippen LogP contribution in [0.3, 0.4) is 0 Å². The fraction of sp³-hybridized carbons (Fsp3) is 0.375. The molecule has 1 amide bonds. The van der Waals surface area contributed by atoms with Gasteiger partial charge in [0.1, 0.15) is 0 Å². The monoisotopic (exact) mass is 361 g/mol. The van der Waals surface area contributed by atoms with Gasteiger partial charge in [0.2, 0.25) is 0 Å². The Hall–Kier alpha value is -1.82. The van der Waals surface area contributed by atoms with E-state index in [0.717, 1.165) is 53.8 Å². The molecule has 2 aromatic rings. The van der Waals surface area contributed by atoms with Crippen LogP contribution in [0.2, 0.25) is 0 Å². The van der Waals surface area contributed by atoms with Gasteiger partial charge in [-0.15, -0.1) is 0 Å². The number of hydrogen-bond acceptors (Lipinski definition) is 3. The number of imidazole rings is 1. The average Bonchev–Trinajstić information content (AvgIpc) is 2.86. The van der Waals surface area contributed by atoms with Gasteiger partial charge in [-0.3, -0.25) is 0 Å². The molecule has 0 aliphatic heterocycles. The molecule has 4 rings (SSSR count). The van der Waals surface area contributed by atoms with Crippen LogP contribution < -0.4 is 5.73 Å². The SMILES string of the molecule is NC(=O)OC1(c2nc3c([nH]2)-c2ccc(Br)cc2CC3)CCC1. The lowest BCUT2D eigenvalue weighted by atomic mass is 9.79. The van der Waals surface area contributed by atoms with Crippen molar-refractivity contribution in [2.75, 3.05) is 0 Å². The first kappa shape index (κ1) is 13.8. The third-order valence-corrected chi connectivity index (χ3v) is 5.13. The zero-order chi connectivity index (χ0) is 15.3. The zero-order valence-electron chi connectivity index (χ0n) is 12.0. The van der Waals surface area contributed by atoms with E-state index in [1.165, 1.54) is 11.1 Å². The Kier molecular flexibility index (Phi) is 3.04. The van der Waals surface area contributed by atoms with Gasteiger partial charge in [0, 0.05) is 10.0 Å². The number of aromatic amines is 1. The molecule has 114 valence electrons. The second kappa shape index (κ2) is 4.84. The Morgan fingerprint density at radius 2 is 2.18 bits per heavy atom. The lowest BCUT2D eigenvalue weighted by Crippen LogP contribution is -2.41. The molecule has 2 aliphatic carbocycles. The molecule has 1 heterocycles. The fourth-order valence-corrected chi connectivity index (χ4v) is 3.78. The maximum Gasteiger partial charge on any atom is 0.405 e. The van der Waals surface area contributed by atoms with Crippen molar-refractivity contribution in [1.29, 1.82) is 0 Å². The van der Waals surface area contributed by atoms with Crippen LogP contribution in [0.5, 0.6) is 0 Å². The van der Waals surface area contributed by atoms with Gasteiger partial charge in [-0.05, 0) is 49.8 Å². The molecule has 0 radical (unpaired) electrons. The van der Waals surface area contributed by atoms with Crippen LogP contribution in [0.1, 0.15) is 36.3 Å². The Labute approximate surface area is 136 Å². The number of nitrogens with zero attached hydrogens (tertiary/aromatic N) is 1. The summed E-state index contributed by atoms with van der Waals surface area (Å²) in [6.45, 7) is 0. The van der Waals surface area contributed by atoms with Crippen molar-refractivity contribution in [2.45, 2.75) is 37.7 Å². The number of hydrogen-bond donors (Lipinski definition) is 2. The number of halogens is 1. The lowest BCUT2D eigenvalue weighted by molar-refractivity contribution is -0.0553. The fourth-order valence-electron chi connectivity index (χ4n) is 3.37. The van der Waals surface area contributed by atoms with E-state index in [0.29, 0.717) is 0 Å². The number of amides is 1. The van der Waals surface area contributed by atoms with E-state index in [1.807, 2.05) is 6.07 Å². The minimum Gasteiger partial charge on any atom is -0.435 e. The molecule has 1 fully saturated rings. The molecule has 0 spiro atoms. The highest BCUT2D eigenvalue weighted by atomic mass is 79.9. The summed E-state index contributed by atoms with van der Waals surface area (Å²) in [5, 5.41) is 0. The highest BCUT2D eigenvalue weighted by Gasteiger charge is 2.45. The third-order valence-electron chi connectivity index (χ3n) is 4.64. The van der Waals surface area contributed by atoms with Gasteiger partial charge in [-0.1, -0.05) is 22.0 Å². The van der Waals surface area contributed by atoms with E-state index >= 15 is 0 Å². The maximum absolute atomic E-state index is 11.2. The molecule has 0 atom stereocenters. The summed E-state index contributed by atoms with van der Waals surface area (Å²) in [5.74, 6) is 0.735. The number of fused-ring (bicyclic) bond motifs is 3. The van der Waals surface area contributed by atoms with Crippen molar-refractivity contribution in [3.63, 3.8) is 0 Å². The van der Waals surface area contributed by atoms with Gasteiger partial charge in [0.05, 0.1) is 11.4 Å². The number of nitrogens with one attached hydrogen (secondary N) is 1. The van der Waals surface area contributed by atoms with Gasteiger partial charge < -0.3 is 15.5 Å². The zero-order valence-corrected chi connectivity index (χ0v) is 13.6. The minimum atomic E-state index is -0.738. The minimum absolute atomic E-state index is 0.654. The molecule has 0 unspecified atom stereocenters. The smallest absolute Gasteiger partial charge is 0.405 e. The molecule has 0 bridgehead atoms. The van der Waals surface area contributed by atoms with Crippen molar-refractivity contribution < 1.29 is 9.53 Å². The second-order valence-corrected chi connectivity index (χ2v) is 6.89. The van der Waals surface area contributed by atoms with Crippen molar-refractivity contribution >= 4 is 22.0 Å². The molecule has 1 saturated carbocycles. The number of benzene rings is 1. The molecular weight excluding hydrogens is 346 g/mol. The molecular formula is C16H16BrN3O2. The second-order valence-electron chi connectivity index (χ2n) is 5.98. The van der Waals surface area contributed by atoms with Gasteiger partial charge in [-0.25, -0.2) is 9.78 Å². The molecule has 5 nitrogen and oxygen atoms in total. The number of ether oxygens (including phenoxy) is 1. The van der Waals surface area contributed by atoms with Crippen molar-refractivity contribution in [2.24, 2.45) is 5.73 Å². The van der Waals surface area contributed by atoms with Crippen LogP contribution in [-0.2, 0) is 23.2 Å². The molecule has 1 aromatic carbocycles. The van der Waals surface area contributed by atoms with Crippen molar-refractivity contribution in [3.8, 4) is 11.3 Å². The van der Waals surface area contributed by atoms with Crippen molar-refractivity contribution in [3.05, 3.63) is 39.8 Å². The van der Waals surface area contributed by atoms with E-state index < -0.39 is 11.7 Å². The van der Waals surface area contributed by atoms with Gasteiger partial charge >= 0.3 is 6.09 Å². The van der Waals surface area contributed by atoms with Crippen LogP contribution >= 0.6 is 15.9 Å². The van der Waals surface area contributed by atoms with Crippen molar-refractivity contribution in [1.82, 2.24) is 9.97 Å². The van der Waals surface area contributed by atoms with Crippen LogP contribution in [0, 0.1) is 0 Å². The van der Waals surface area contributed by atoms with E-state index in [1.54, 1.807) is 0 Å². The third kappa shape index (κ3) is 2.05. The molecule has 22 heavy (non-hydrogen) atoms. The molecule has 3 N–H and O–H groups in total. The van der Waals surface area contributed by atoms with Gasteiger partial charge in [0.15, 0.2) is 11.4 Å². The highest BCUT2D eigenvalue weighted by molar-refractivity contribution is 9.10. The van der Waals surface area contributed by atoms with Crippen LogP contribution in [0.15, 0.2) is 22.7 Å². The Morgan fingerprint density at radius 1 is 1.36 bits per heavy atom. The number of aryl methyl sites for hydroxylation is 2. The molecule has 1 aromatic heterocycles. The standard InChI is InChI=1S/C16H16BrN3O2/c17-10-3-4-11-9(8-10)2-5-12-13(11)20-14(19-12)16(6-1-7-16)22-15(18)21/h3-4,8H,1-2,5-7H2,(H2,18,21)(H,19,20). The number of rotatable bonds is 2. The summed E-state index contributed by atoms with van der Waals surface area (Å²) in [7, 11) is 0. The number of primary amides is 1. The van der Waals surface area contributed by atoms with E-state index in [9.17, 15) is 4.79 Å². The summed E-state index contributed by atoms with van der Waals surface area (Å²) >= 11 is 3.52. The number of carbonyl (C=O) groups excluding carboxylic acids is 1. The molecule has 2 aliphatic rings. The lowest BCUT2D eigenvalue weighted by Gasteiger charge is -2.38. The average molecular weight is 362 g/mol. The maximum atomic E-state index is 11.2. The molecule has 0 saturated heterocycles. The predicted octanol–water partition coefficient (Wildman–Crippen LogP) is 3.41. The van der Waals surface area contributed by atoms with E-state index in [4.69, 9.17) is 15.5 Å². The van der Waals surface area contributed by atoms with Crippen LogP contribution in [-0.4, -0.2) is 16.1 Å². The number of aromatic nitrogens is 2. The van der Waals surface area contributed by atoms with E-state index in [-0.39, 0.29) is 0 Å². The summed E-state index contributed by atoms with van der Waals surface area (Å²) in [5.41, 5.74) is 9.15. The number of H-pyrrole nitrogens is 1. The summed E-state index contributed by atoms with van der Waals surface area (Å²) in [4.78, 5) is 19.3. The largest absolute Gasteiger partial charge is 0.435 e. The topological polar surface area (TPSA) is 81.0 Å². The first-order valence-corrected chi connectivity index (χ1v) is 8.23. The summed E-state index contributed by atoms with van der Waals surface area (Å²) < 4.78 is 6.47. The van der Waals surface area contributed by atoms with Gasteiger partial charge in [0.25, 0.3) is 0 Å². The normalized spacial score (nSPS) is 18.0. The number of nitrogens with two attached hydrogens (primary N) is 1. The van der Waals surface area contributed by atoms with E-state index in [2.05, 4.69) is 33.0 Å². The Morgan fingerprint density at radius 3 is 2.86 bits per heavy atom. The number of carbonyl (C=O) groups is 1.